The van der Waals surface area contributed by atoms with Crippen LogP contribution in [0.25, 0.3) is 0 Å². The second-order valence-electron chi connectivity index (χ2n) is 4.95. The summed E-state index contributed by atoms with van der Waals surface area (Å²) < 4.78 is 18.4. The van der Waals surface area contributed by atoms with Gasteiger partial charge in [-0.15, -0.1) is 0 Å². The Bertz CT molecular complexity index is 394. The Morgan fingerprint density at radius 1 is 1.30 bits per heavy atom. The SMILES string of the molecule is CCN(CC)CCCNC(C)c1ccc(F)c(OC)c1. The van der Waals surface area contributed by atoms with Gasteiger partial charge in [-0.3, -0.25) is 0 Å². The fourth-order valence-corrected chi connectivity index (χ4v) is 2.22. The maximum absolute atomic E-state index is 13.4. The fraction of sp³-hybridized carbons (Fsp3) is 0.625. The highest BCUT2D eigenvalue weighted by molar-refractivity contribution is 5.31. The Labute approximate surface area is 122 Å². The van der Waals surface area contributed by atoms with Gasteiger partial charge in [0, 0.05) is 6.04 Å². The van der Waals surface area contributed by atoms with E-state index in [1.165, 1.54) is 13.2 Å². The maximum atomic E-state index is 13.4. The van der Waals surface area contributed by atoms with Crippen molar-refractivity contribution in [1.82, 2.24) is 10.2 Å². The molecule has 1 rings (SSSR count). The maximum Gasteiger partial charge on any atom is 0.165 e. The lowest BCUT2D eigenvalue weighted by molar-refractivity contribution is 0.296. The summed E-state index contributed by atoms with van der Waals surface area (Å²) in [6, 6.07) is 5.22. The van der Waals surface area contributed by atoms with Gasteiger partial charge < -0.3 is 15.0 Å². The lowest BCUT2D eigenvalue weighted by Crippen LogP contribution is -2.28. The Morgan fingerprint density at radius 3 is 2.60 bits per heavy atom. The van der Waals surface area contributed by atoms with Crippen LogP contribution in [0.4, 0.5) is 4.39 Å². The van der Waals surface area contributed by atoms with Crippen molar-refractivity contribution < 1.29 is 9.13 Å². The minimum atomic E-state index is -0.315. The third-order valence-electron chi connectivity index (χ3n) is 3.67. The summed E-state index contributed by atoms with van der Waals surface area (Å²) in [5, 5.41) is 3.47. The van der Waals surface area contributed by atoms with E-state index in [4.69, 9.17) is 4.74 Å². The molecule has 20 heavy (non-hydrogen) atoms. The molecule has 0 saturated heterocycles. The van der Waals surface area contributed by atoms with E-state index in [1.807, 2.05) is 0 Å². The fourth-order valence-electron chi connectivity index (χ4n) is 2.22. The first-order valence-electron chi connectivity index (χ1n) is 7.41. The van der Waals surface area contributed by atoms with Crippen molar-refractivity contribution in [3.8, 4) is 5.75 Å². The van der Waals surface area contributed by atoms with Crippen LogP contribution in [0, 0.1) is 5.82 Å². The molecule has 0 fully saturated rings. The van der Waals surface area contributed by atoms with E-state index in [0.29, 0.717) is 5.75 Å². The average Bonchev–Trinajstić information content (AvgIpc) is 2.47. The molecule has 0 aliphatic carbocycles. The van der Waals surface area contributed by atoms with Gasteiger partial charge in [0.15, 0.2) is 11.6 Å². The van der Waals surface area contributed by atoms with Crippen molar-refractivity contribution in [2.75, 3.05) is 33.3 Å². The van der Waals surface area contributed by atoms with E-state index in [9.17, 15) is 4.39 Å². The highest BCUT2D eigenvalue weighted by atomic mass is 19.1. The van der Waals surface area contributed by atoms with Gasteiger partial charge in [0.2, 0.25) is 0 Å². The number of methoxy groups -OCH3 is 1. The van der Waals surface area contributed by atoms with E-state index in [2.05, 4.69) is 31.0 Å². The molecule has 0 amide bonds. The molecule has 1 N–H and O–H groups in total. The number of rotatable bonds is 9. The molecule has 0 saturated carbocycles. The number of nitrogens with zero attached hydrogens (tertiary/aromatic N) is 1. The molecule has 1 atom stereocenters. The largest absolute Gasteiger partial charge is 0.494 e. The molecule has 1 aromatic rings. The van der Waals surface area contributed by atoms with E-state index < -0.39 is 0 Å². The third-order valence-corrected chi connectivity index (χ3v) is 3.67. The number of benzene rings is 1. The van der Waals surface area contributed by atoms with Crippen molar-refractivity contribution in [2.45, 2.75) is 33.2 Å². The minimum absolute atomic E-state index is 0.196. The molecule has 0 aromatic heterocycles. The molecule has 3 nitrogen and oxygen atoms in total. The van der Waals surface area contributed by atoms with Gasteiger partial charge in [0.05, 0.1) is 7.11 Å². The molecule has 0 spiro atoms. The third kappa shape index (κ3) is 5.10. The highest BCUT2D eigenvalue weighted by Gasteiger charge is 2.09. The summed E-state index contributed by atoms with van der Waals surface area (Å²) in [5.74, 6) is -0.00993. The van der Waals surface area contributed by atoms with E-state index in [0.717, 1.165) is 38.2 Å². The van der Waals surface area contributed by atoms with Crippen molar-refractivity contribution in [1.29, 1.82) is 0 Å². The van der Waals surface area contributed by atoms with Crippen LogP contribution >= 0.6 is 0 Å². The predicted octanol–water partition coefficient (Wildman–Crippen LogP) is 3.22. The molecule has 1 unspecified atom stereocenters. The summed E-state index contributed by atoms with van der Waals surface area (Å²) in [5.41, 5.74) is 1.05. The zero-order valence-corrected chi connectivity index (χ0v) is 13.1. The molecular weight excluding hydrogens is 255 g/mol. The Balaban J connectivity index is 2.41. The summed E-state index contributed by atoms with van der Waals surface area (Å²) in [7, 11) is 1.49. The van der Waals surface area contributed by atoms with Gasteiger partial charge in [-0.1, -0.05) is 19.9 Å². The average molecular weight is 282 g/mol. The van der Waals surface area contributed by atoms with Crippen LogP contribution in [-0.4, -0.2) is 38.2 Å². The van der Waals surface area contributed by atoms with Crippen LogP contribution in [0.15, 0.2) is 18.2 Å². The summed E-state index contributed by atoms with van der Waals surface area (Å²) in [6.07, 6.45) is 1.12. The van der Waals surface area contributed by atoms with Crippen molar-refractivity contribution in [3.05, 3.63) is 29.6 Å². The zero-order chi connectivity index (χ0) is 15.0. The van der Waals surface area contributed by atoms with Crippen molar-refractivity contribution in [2.24, 2.45) is 0 Å². The monoisotopic (exact) mass is 282 g/mol. The van der Waals surface area contributed by atoms with Crippen molar-refractivity contribution in [3.63, 3.8) is 0 Å². The van der Waals surface area contributed by atoms with Crippen LogP contribution in [0.3, 0.4) is 0 Å². The normalized spacial score (nSPS) is 12.7. The lowest BCUT2D eigenvalue weighted by Gasteiger charge is -2.19. The molecule has 1 aromatic carbocycles. The van der Waals surface area contributed by atoms with E-state index >= 15 is 0 Å². The van der Waals surface area contributed by atoms with Crippen LogP contribution in [0.2, 0.25) is 0 Å². The van der Waals surface area contributed by atoms with Crippen LogP contribution in [-0.2, 0) is 0 Å². The first-order valence-corrected chi connectivity index (χ1v) is 7.41. The minimum Gasteiger partial charge on any atom is -0.494 e. The van der Waals surface area contributed by atoms with Crippen LogP contribution in [0.1, 0.15) is 38.8 Å². The summed E-state index contributed by atoms with van der Waals surface area (Å²) in [6.45, 7) is 10.7. The number of ether oxygens (including phenoxy) is 1. The van der Waals surface area contributed by atoms with E-state index in [1.54, 1.807) is 12.1 Å². The predicted molar refractivity (Wildman–Crippen MR) is 81.8 cm³/mol. The topological polar surface area (TPSA) is 24.5 Å². The van der Waals surface area contributed by atoms with Gasteiger partial charge in [-0.05, 0) is 57.2 Å². The molecule has 0 bridgehead atoms. The van der Waals surface area contributed by atoms with Gasteiger partial charge in [-0.2, -0.15) is 0 Å². The van der Waals surface area contributed by atoms with Crippen LogP contribution in [0.5, 0.6) is 5.75 Å². The molecule has 0 aliphatic heterocycles. The van der Waals surface area contributed by atoms with Gasteiger partial charge in [0.25, 0.3) is 0 Å². The molecular formula is C16H27FN2O. The first-order chi connectivity index (χ1) is 9.62. The number of nitrogens with one attached hydrogen (secondary N) is 1. The zero-order valence-electron chi connectivity index (χ0n) is 13.1. The molecule has 114 valence electrons. The lowest BCUT2D eigenvalue weighted by atomic mass is 10.1. The second-order valence-corrected chi connectivity index (χ2v) is 4.95. The summed E-state index contributed by atoms with van der Waals surface area (Å²) >= 11 is 0. The van der Waals surface area contributed by atoms with Gasteiger partial charge >= 0.3 is 0 Å². The van der Waals surface area contributed by atoms with Crippen molar-refractivity contribution >= 4 is 0 Å². The van der Waals surface area contributed by atoms with Gasteiger partial charge in [-0.25, -0.2) is 4.39 Å². The molecule has 0 heterocycles. The molecule has 0 radical (unpaired) electrons. The first kappa shape index (κ1) is 16.9. The smallest absolute Gasteiger partial charge is 0.165 e. The highest BCUT2D eigenvalue weighted by Crippen LogP contribution is 2.22. The molecule has 0 aliphatic rings. The second kappa shape index (κ2) is 8.93. The Kier molecular flexibility index (Phi) is 7.55. The van der Waals surface area contributed by atoms with Gasteiger partial charge in [0.1, 0.15) is 0 Å². The standard InChI is InChI=1S/C16H27FN2O/c1-5-19(6-2)11-7-10-18-13(3)14-8-9-15(17)16(12-14)20-4/h8-9,12-13,18H,5-7,10-11H2,1-4H3. The Morgan fingerprint density at radius 2 is 2.00 bits per heavy atom. The van der Waals surface area contributed by atoms with E-state index in [-0.39, 0.29) is 11.9 Å². The number of hydrogen-bond donors (Lipinski definition) is 1. The Hall–Kier alpha value is -1.13. The number of hydrogen-bond acceptors (Lipinski definition) is 3. The van der Waals surface area contributed by atoms with Crippen LogP contribution < -0.4 is 10.1 Å². The molecule has 4 heteroatoms. The summed E-state index contributed by atoms with van der Waals surface area (Å²) in [4.78, 5) is 2.41. The quantitative estimate of drug-likeness (QED) is 0.704. The number of halogens is 1.